The highest BCUT2D eigenvalue weighted by molar-refractivity contribution is 5.81. The van der Waals surface area contributed by atoms with Gasteiger partial charge >= 0.3 is 0 Å². The number of aldehydes is 1. The molecule has 0 aromatic heterocycles. The Morgan fingerprint density at radius 2 is 2.11 bits per heavy atom. The summed E-state index contributed by atoms with van der Waals surface area (Å²) in [6, 6.07) is 5.45. The molecule has 5 nitrogen and oxygen atoms in total. The van der Waals surface area contributed by atoms with E-state index in [4.69, 9.17) is 19.5 Å². The van der Waals surface area contributed by atoms with Gasteiger partial charge in [0, 0.05) is 6.07 Å². The predicted octanol–water partition coefficient (Wildman–Crippen LogP) is 2.55. The van der Waals surface area contributed by atoms with Crippen LogP contribution in [0.2, 0.25) is 0 Å². The Bertz CT molecular complexity index is 531. The number of carbonyl (C=O) groups excluding carboxylic acids is 1. The van der Waals surface area contributed by atoms with E-state index in [9.17, 15) is 4.79 Å². The Kier molecular flexibility index (Phi) is 3.61. The summed E-state index contributed by atoms with van der Waals surface area (Å²) < 4.78 is 16.0. The summed E-state index contributed by atoms with van der Waals surface area (Å²) >= 11 is 0. The SMILES string of the molecule is CC(C)(C#N)CCOc1cc2c(cc1C=O)OCO2. The van der Waals surface area contributed by atoms with E-state index in [2.05, 4.69) is 6.07 Å². The molecule has 100 valence electrons. The van der Waals surface area contributed by atoms with E-state index in [1.165, 1.54) is 0 Å². The summed E-state index contributed by atoms with van der Waals surface area (Å²) in [7, 11) is 0. The molecule has 2 rings (SSSR count). The molecule has 1 aromatic carbocycles. The molecule has 0 saturated carbocycles. The first-order chi connectivity index (χ1) is 9.05. The van der Waals surface area contributed by atoms with Crippen molar-refractivity contribution in [2.24, 2.45) is 5.41 Å². The van der Waals surface area contributed by atoms with Crippen LogP contribution in [0.3, 0.4) is 0 Å². The molecule has 0 N–H and O–H groups in total. The number of ether oxygens (including phenoxy) is 3. The second-order valence-electron chi connectivity index (χ2n) is 4.96. The minimum absolute atomic E-state index is 0.151. The standard InChI is InChI=1S/C14H15NO4/c1-14(2,8-15)3-4-17-11-6-13-12(18-9-19-13)5-10(11)7-16/h5-7H,3-4,9H2,1-2H3. The topological polar surface area (TPSA) is 68.5 Å². The first-order valence-electron chi connectivity index (χ1n) is 5.98. The zero-order valence-electron chi connectivity index (χ0n) is 10.9. The van der Waals surface area contributed by atoms with Crippen molar-refractivity contribution in [2.45, 2.75) is 20.3 Å². The van der Waals surface area contributed by atoms with Crippen LogP contribution in [0.4, 0.5) is 0 Å². The maximum Gasteiger partial charge on any atom is 0.231 e. The molecule has 0 bridgehead atoms. The summed E-state index contributed by atoms with van der Waals surface area (Å²) in [6.07, 6.45) is 1.29. The quantitative estimate of drug-likeness (QED) is 0.762. The third-order valence-electron chi connectivity index (χ3n) is 2.92. The fraction of sp³-hybridized carbons (Fsp3) is 0.429. The number of hydrogen-bond donors (Lipinski definition) is 0. The molecule has 1 heterocycles. The second kappa shape index (κ2) is 5.19. The molecule has 19 heavy (non-hydrogen) atoms. The van der Waals surface area contributed by atoms with Crippen molar-refractivity contribution in [1.29, 1.82) is 5.26 Å². The van der Waals surface area contributed by atoms with Crippen molar-refractivity contribution in [1.82, 2.24) is 0 Å². The van der Waals surface area contributed by atoms with E-state index in [0.29, 0.717) is 42.1 Å². The Hall–Kier alpha value is -2.22. The van der Waals surface area contributed by atoms with Crippen LogP contribution in [0.5, 0.6) is 17.2 Å². The third-order valence-corrected chi connectivity index (χ3v) is 2.92. The lowest BCUT2D eigenvalue weighted by atomic mass is 9.92. The lowest BCUT2D eigenvalue weighted by molar-refractivity contribution is 0.111. The first-order valence-corrected chi connectivity index (χ1v) is 5.98. The highest BCUT2D eigenvalue weighted by atomic mass is 16.7. The minimum atomic E-state index is -0.447. The van der Waals surface area contributed by atoms with Crippen molar-refractivity contribution in [3.63, 3.8) is 0 Å². The highest BCUT2D eigenvalue weighted by Crippen LogP contribution is 2.37. The van der Waals surface area contributed by atoms with E-state index in [0.717, 1.165) is 0 Å². The van der Waals surface area contributed by atoms with Gasteiger partial charge in [0.05, 0.1) is 23.7 Å². The van der Waals surface area contributed by atoms with Gasteiger partial charge in [0.2, 0.25) is 6.79 Å². The second-order valence-corrected chi connectivity index (χ2v) is 4.96. The van der Waals surface area contributed by atoms with E-state index < -0.39 is 5.41 Å². The molecular formula is C14H15NO4. The maximum absolute atomic E-state index is 11.0. The lowest BCUT2D eigenvalue weighted by Gasteiger charge is -2.16. The number of nitrogens with zero attached hydrogens (tertiary/aromatic N) is 1. The van der Waals surface area contributed by atoms with Crippen LogP contribution in [0, 0.1) is 16.7 Å². The molecule has 0 saturated heterocycles. The molecule has 0 fully saturated rings. The van der Waals surface area contributed by atoms with Gasteiger partial charge in [-0.05, 0) is 26.3 Å². The summed E-state index contributed by atoms with van der Waals surface area (Å²) in [5.41, 5.74) is -0.0310. The molecule has 0 aliphatic carbocycles. The van der Waals surface area contributed by atoms with Crippen molar-refractivity contribution in [2.75, 3.05) is 13.4 Å². The van der Waals surface area contributed by atoms with Crippen molar-refractivity contribution in [3.8, 4) is 23.3 Å². The first kappa shape index (κ1) is 13.2. The number of nitriles is 1. The molecule has 1 aliphatic rings. The molecule has 0 atom stereocenters. The van der Waals surface area contributed by atoms with Gasteiger partial charge in [-0.25, -0.2) is 0 Å². The Morgan fingerprint density at radius 3 is 2.74 bits per heavy atom. The largest absolute Gasteiger partial charge is 0.493 e. The van der Waals surface area contributed by atoms with Gasteiger partial charge in [-0.15, -0.1) is 0 Å². The van der Waals surface area contributed by atoms with Gasteiger partial charge in [-0.1, -0.05) is 0 Å². The van der Waals surface area contributed by atoms with E-state index in [-0.39, 0.29) is 6.79 Å². The number of rotatable bonds is 5. The third kappa shape index (κ3) is 2.97. The summed E-state index contributed by atoms with van der Waals surface area (Å²) in [4.78, 5) is 11.0. The van der Waals surface area contributed by atoms with Gasteiger partial charge in [0.25, 0.3) is 0 Å². The van der Waals surface area contributed by atoms with Gasteiger partial charge in [-0.3, -0.25) is 4.79 Å². The van der Waals surface area contributed by atoms with Crippen LogP contribution >= 0.6 is 0 Å². The fourth-order valence-corrected chi connectivity index (χ4v) is 1.63. The van der Waals surface area contributed by atoms with Gasteiger partial charge in [-0.2, -0.15) is 5.26 Å². The maximum atomic E-state index is 11.0. The van der Waals surface area contributed by atoms with E-state index >= 15 is 0 Å². The lowest BCUT2D eigenvalue weighted by Crippen LogP contribution is -2.13. The molecule has 5 heteroatoms. The fourth-order valence-electron chi connectivity index (χ4n) is 1.63. The van der Waals surface area contributed by atoms with E-state index in [1.807, 2.05) is 13.8 Å². The molecule has 0 radical (unpaired) electrons. The average molecular weight is 261 g/mol. The summed E-state index contributed by atoms with van der Waals surface area (Å²) in [5.74, 6) is 1.57. The smallest absolute Gasteiger partial charge is 0.231 e. The number of carbonyl (C=O) groups is 1. The summed E-state index contributed by atoms with van der Waals surface area (Å²) in [5, 5.41) is 8.92. The highest BCUT2D eigenvalue weighted by Gasteiger charge is 2.20. The van der Waals surface area contributed by atoms with Gasteiger partial charge in [0.1, 0.15) is 5.75 Å². The van der Waals surface area contributed by atoms with Crippen LogP contribution in [-0.2, 0) is 0 Å². The number of fused-ring (bicyclic) bond motifs is 1. The van der Waals surface area contributed by atoms with Crippen LogP contribution < -0.4 is 14.2 Å². The Morgan fingerprint density at radius 1 is 1.42 bits per heavy atom. The Balaban J connectivity index is 2.08. The number of hydrogen-bond acceptors (Lipinski definition) is 5. The number of benzene rings is 1. The molecule has 1 aliphatic heterocycles. The average Bonchev–Trinajstić information content (AvgIpc) is 2.84. The van der Waals surface area contributed by atoms with Crippen LogP contribution in [0.25, 0.3) is 0 Å². The van der Waals surface area contributed by atoms with Gasteiger partial charge in [0.15, 0.2) is 17.8 Å². The molecule has 0 amide bonds. The monoisotopic (exact) mass is 261 g/mol. The van der Waals surface area contributed by atoms with Crippen molar-refractivity contribution >= 4 is 6.29 Å². The normalized spacial score (nSPS) is 12.9. The van der Waals surface area contributed by atoms with Crippen molar-refractivity contribution in [3.05, 3.63) is 17.7 Å². The molecule has 0 unspecified atom stereocenters. The van der Waals surface area contributed by atoms with Crippen molar-refractivity contribution < 1.29 is 19.0 Å². The molecule has 1 aromatic rings. The predicted molar refractivity (Wildman–Crippen MR) is 67.5 cm³/mol. The van der Waals surface area contributed by atoms with Crippen LogP contribution in [0.15, 0.2) is 12.1 Å². The molecule has 0 spiro atoms. The molecular weight excluding hydrogens is 246 g/mol. The van der Waals surface area contributed by atoms with Crippen LogP contribution in [-0.4, -0.2) is 19.7 Å². The zero-order chi connectivity index (χ0) is 13.9. The van der Waals surface area contributed by atoms with Gasteiger partial charge < -0.3 is 14.2 Å². The van der Waals surface area contributed by atoms with Crippen LogP contribution in [0.1, 0.15) is 30.6 Å². The summed E-state index contributed by atoms with van der Waals surface area (Å²) in [6.45, 7) is 4.20. The minimum Gasteiger partial charge on any atom is -0.493 e. The van der Waals surface area contributed by atoms with E-state index in [1.54, 1.807) is 12.1 Å². The zero-order valence-corrected chi connectivity index (χ0v) is 10.9. The Labute approximate surface area is 111 Å².